The highest BCUT2D eigenvalue weighted by atomic mass is 79.9. The van der Waals surface area contributed by atoms with Crippen molar-refractivity contribution in [3.05, 3.63) is 63.6 Å². The lowest BCUT2D eigenvalue weighted by molar-refractivity contribution is 1.35. The monoisotopic (exact) mass is 308 g/mol. The van der Waals surface area contributed by atoms with Crippen LogP contribution in [-0.4, -0.2) is 6.21 Å². The summed E-state index contributed by atoms with van der Waals surface area (Å²) in [6, 6.07) is 15.3. The molecule has 0 atom stereocenters. The molecule has 0 bridgehead atoms. The number of hydrogen-bond acceptors (Lipinski definition) is 2. The minimum absolute atomic E-state index is 0.725. The van der Waals surface area contributed by atoms with Gasteiger partial charge in [0.15, 0.2) is 0 Å². The summed E-state index contributed by atoms with van der Waals surface area (Å²) in [7, 11) is 0. The normalized spacial score (nSPS) is 10.7. The van der Waals surface area contributed by atoms with Gasteiger partial charge in [-0.05, 0) is 42.0 Å². The minimum Gasteiger partial charge on any atom is -0.279 e. The Morgan fingerprint density at radius 2 is 1.65 bits per heavy atom. The SMILES string of the molecule is Clc1ccc(/C=N\Nc2ccc(Br)cc2)cc1. The largest absolute Gasteiger partial charge is 0.279 e. The van der Waals surface area contributed by atoms with Gasteiger partial charge < -0.3 is 0 Å². The highest BCUT2D eigenvalue weighted by Crippen LogP contribution is 2.14. The van der Waals surface area contributed by atoms with Crippen LogP contribution in [0.4, 0.5) is 5.69 Å². The molecule has 0 amide bonds. The van der Waals surface area contributed by atoms with Gasteiger partial charge in [0.05, 0.1) is 11.9 Å². The Morgan fingerprint density at radius 1 is 1.00 bits per heavy atom. The Balaban J connectivity index is 1.97. The van der Waals surface area contributed by atoms with Crippen molar-refractivity contribution in [3.8, 4) is 0 Å². The summed E-state index contributed by atoms with van der Waals surface area (Å²) in [6.07, 6.45) is 1.75. The second-order valence-electron chi connectivity index (χ2n) is 3.43. The van der Waals surface area contributed by atoms with Gasteiger partial charge in [-0.2, -0.15) is 5.10 Å². The fraction of sp³-hybridized carbons (Fsp3) is 0. The molecule has 0 unspecified atom stereocenters. The molecule has 1 N–H and O–H groups in total. The molecule has 2 nitrogen and oxygen atoms in total. The van der Waals surface area contributed by atoms with Crippen LogP contribution < -0.4 is 5.43 Å². The smallest absolute Gasteiger partial charge is 0.0562 e. The van der Waals surface area contributed by atoms with Crippen molar-refractivity contribution in [1.29, 1.82) is 0 Å². The Kier molecular flexibility index (Phi) is 4.18. The van der Waals surface area contributed by atoms with Crippen LogP contribution in [0.5, 0.6) is 0 Å². The summed E-state index contributed by atoms with van der Waals surface area (Å²) in [5, 5.41) is 4.86. The van der Waals surface area contributed by atoms with Crippen molar-refractivity contribution in [3.63, 3.8) is 0 Å². The number of hydrazone groups is 1. The van der Waals surface area contributed by atoms with Crippen LogP contribution in [0, 0.1) is 0 Å². The standard InChI is InChI=1S/C13H10BrClN2/c14-11-3-7-13(8-4-11)17-16-9-10-1-5-12(15)6-2-10/h1-9,17H/b16-9-. The Morgan fingerprint density at radius 3 is 2.29 bits per heavy atom. The van der Waals surface area contributed by atoms with Crippen molar-refractivity contribution in [2.75, 3.05) is 5.43 Å². The highest BCUT2D eigenvalue weighted by molar-refractivity contribution is 9.10. The molecule has 0 saturated carbocycles. The zero-order valence-electron chi connectivity index (χ0n) is 8.90. The lowest BCUT2D eigenvalue weighted by atomic mass is 10.2. The maximum atomic E-state index is 5.79. The Bertz CT molecular complexity index is 506. The zero-order chi connectivity index (χ0) is 12.1. The molecule has 0 fully saturated rings. The first kappa shape index (κ1) is 12.1. The van der Waals surface area contributed by atoms with E-state index in [1.807, 2.05) is 48.5 Å². The third-order valence-electron chi connectivity index (χ3n) is 2.12. The summed E-state index contributed by atoms with van der Waals surface area (Å²) in [6.45, 7) is 0. The molecule has 86 valence electrons. The third kappa shape index (κ3) is 3.88. The fourth-order valence-corrected chi connectivity index (χ4v) is 1.64. The molecule has 0 radical (unpaired) electrons. The van der Waals surface area contributed by atoms with Gasteiger partial charge in [0.25, 0.3) is 0 Å². The number of rotatable bonds is 3. The summed E-state index contributed by atoms with van der Waals surface area (Å²) >= 11 is 9.17. The van der Waals surface area contributed by atoms with E-state index >= 15 is 0 Å². The molecular weight excluding hydrogens is 300 g/mol. The Hall–Kier alpha value is -1.32. The molecule has 0 aliphatic rings. The van der Waals surface area contributed by atoms with E-state index in [-0.39, 0.29) is 0 Å². The number of nitrogens with one attached hydrogen (secondary N) is 1. The average molecular weight is 310 g/mol. The van der Waals surface area contributed by atoms with Crippen LogP contribution in [0.25, 0.3) is 0 Å². The van der Waals surface area contributed by atoms with Gasteiger partial charge in [-0.1, -0.05) is 39.7 Å². The number of anilines is 1. The van der Waals surface area contributed by atoms with Crippen molar-refractivity contribution in [2.24, 2.45) is 5.10 Å². The molecular formula is C13H10BrClN2. The summed E-state index contributed by atoms with van der Waals surface area (Å²) in [5.41, 5.74) is 4.89. The molecule has 4 heteroatoms. The summed E-state index contributed by atoms with van der Waals surface area (Å²) < 4.78 is 1.05. The van der Waals surface area contributed by atoms with Gasteiger partial charge >= 0.3 is 0 Å². The number of benzene rings is 2. The fourth-order valence-electron chi connectivity index (χ4n) is 1.25. The van der Waals surface area contributed by atoms with Gasteiger partial charge in [-0.3, -0.25) is 5.43 Å². The first-order valence-corrected chi connectivity index (χ1v) is 6.21. The first-order valence-electron chi connectivity index (χ1n) is 5.04. The van der Waals surface area contributed by atoms with E-state index in [1.54, 1.807) is 6.21 Å². The van der Waals surface area contributed by atoms with Crippen molar-refractivity contribution < 1.29 is 0 Å². The maximum Gasteiger partial charge on any atom is 0.0562 e. The maximum absolute atomic E-state index is 5.79. The molecule has 0 saturated heterocycles. The van der Waals surface area contributed by atoms with Crippen molar-refractivity contribution >= 4 is 39.4 Å². The topological polar surface area (TPSA) is 24.4 Å². The van der Waals surface area contributed by atoms with Crippen LogP contribution >= 0.6 is 27.5 Å². The molecule has 0 aliphatic carbocycles. The quantitative estimate of drug-likeness (QED) is 0.653. The van der Waals surface area contributed by atoms with Crippen LogP contribution in [0.1, 0.15) is 5.56 Å². The van der Waals surface area contributed by atoms with Gasteiger partial charge in [0, 0.05) is 9.50 Å². The number of halogens is 2. The second-order valence-corrected chi connectivity index (χ2v) is 4.78. The lowest BCUT2D eigenvalue weighted by Crippen LogP contribution is -1.89. The number of hydrogen-bond donors (Lipinski definition) is 1. The van der Waals surface area contributed by atoms with E-state index in [9.17, 15) is 0 Å². The molecule has 2 rings (SSSR count). The first-order chi connectivity index (χ1) is 8.24. The average Bonchev–Trinajstić information content (AvgIpc) is 2.34. The summed E-state index contributed by atoms with van der Waals surface area (Å²) in [4.78, 5) is 0. The molecule has 0 aliphatic heterocycles. The van der Waals surface area contributed by atoms with E-state index in [4.69, 9.17) is 11.6 Å². The third-order valence-corrected chi connectivity index (χ3v) is 2.90. The predicted octanol–water partition coefficient (Wildman–Crippen LogP) is 4.55. The Labute approximate surface area is 113 Å². The highest BCUT2D eigenvalue weighted by Gasteiger charge is 1.90. The van der Waals surface area contributed by atoms with Crippen molar-refractivity contribution in [1.82, 2.24) is 0 Å². The molecule has 0 heterocycles. The van der Waals surface area contributed by atoms with Crippen LogP contribution in [0.15, 0.2) is 58.1 Å². The number of nitrogens with zero attached hydrogens (tertiary/aromatic N) is 1. The van der Waals surface area contributed by atoms with E-state index in [0.29, 0.717) is 0 Å². The van der Waals surface area contributed by atoms with Crippen molar-refractivity contribution in [2.45, 2.75) is 0 Å². The van der Waals surface area contributed by atoms with Gasteiger partial charge in [0.1, 0.15) is 0 Å². The van der Waals surface area contributed by atoms with E-state index < -0.39 is 0 Å². The van der Waals surface area contributed by atoms with E-state index in [2.05, 4.69) is 26.5 Å². The van der Waals surface area contributed by atoms with E-state index in [1.165, 1.54) is 0 Å². The second kappa shape index (κ2) is 5.84. The molecule has 2 aromatic carbocycles. The lowest BCUT2D eigenvalue weighted by Gasteiger charge is -1.99. The van der Waals surface area contributed by atoms with Gasteiger partial charge in [-0.15, -0.1) is 0 Å². The van der Waals surface area contributed by atoms with Crippen LogP contribution in [0.3, 0.4) is 0 Å². The van der Waals surface area contributed by atoms with Crippen LogP contribution in [0.2, 0.25) is 5.02 Å². The van der Waals surface area contributed by atoms with Crippen LogP contribution in [-0.2, 0) is 0 Å². The van der Waals surface area contributed by atoms with E-state index in [0.717, 1.165) is 20.7 Å². The van der Waals surface area contributed by atoms with Gasteiger partial charge in [-0.25, -0.2) is 0 Å². The van der Waals surface area contributed by atoms with Gasteiger partial charge in [0.2, 0.25) is 0 Å². The molecule has 17 heavy (non-hydrogen) atoms. The molecule has 0 aromatic heterocycles. The minimum atomic E-state index is 0.725. The molecule has 2 aromatic rings. The zero-order valence-corrected chi connectivity index (χ0v) is 11.2. The summed E-state index contributed by atoms with van der Waals surface area (Å²) in [5.74, 6) is 0. The predicted molar refractivity (Wildman–Crippen MR) is 76.8 cm³/mol. The molecule has 0 spiro atoms.